The van der Waals surface area contributed by atoms with Crippen molar-refractivity contribution in [2.75, 3.05) is 12.9 Å². The van der Waals surface area contributed by atoms with E-state index in [2.05, 4.69) is 49.8 Å². The maximum Gasteiger partial charge on any atom is 0.305 e. The molecule has 0 aromatic heterocycles. The molecule has 18 heavy (non-hydrogen) atoms. The molecule has 2 nitrogen and oxygen atoms in total. The predicted molar refractivity (Wildman–Crippen MR) is 77.1 cm³/mol. The van der Waals surface area contributed by atoms with Gasteiger partial charge in [-0.1, -0.05) is 32.9 Å². The molecular formula is C15H22O2S. The fraction of sp³-hybridized carbons (Fsp3) is 0.533. The molecule has 0 aliphatic rings. The van der Waals surface area contributed by atoms with Crippen LogP contribution in [0.15, 0.2) is 29.2 Å². The maximum absolute atomic E-state index is 10.9. The Morgan fingerprint density at radius 1 is 1.22 bits per heavy atom. The van der Waals surface area contributed by atoms with Crippen LogP contribution in [-0.4, -0.2) is 18.8 Å². The van der Waals surface area contributed by atoms with Crippen LogP contribution in [0.1, 0.15) is 39.2 Å². The van der Waals surface area contributed by atoms with Gasteiger partial charge >= 0.3 is 5.97 Å². The lowest BCUT2D eigenvalue weighted by Gasteiger charge is -2.19. The first kappa shape index (κ1) is 15.1. The third-order valence-electron chi connectivity index (χ3n) is 2.74. The van der Waals surface area contributed by atoms with E-state index in [1.54, 1.807) is 11.8 Å². The number of rotatable bonds is 5. The number of esters is 1. The number of carbonyl (C=O) groups excluding carboxylic acids is 1. The first-order valence-electron chi connectivity index (χ1n) is 6.23. The van der Waals surface area contributed by atoms with Crippen molar-refractivity contribution in [2.24, 2.45) is 0 Å². The second-order valence-electron chi connectivity index (χ2n) is 5.30. The van der Waals surface area contributed by atoms with E-state index in [1.807, 2.05) is 0 Å². The molecule has 3 heteroatoms. The number of hydrogen-bond donors (Lipinski definition) is 0. The Kier molecular flexibility index (Phi) is 5.73. The Labute approximate surface area is 114 Å². The van der Waals surface area contributed by atoms with Crippen molar-refractivity contribution in [1.82, 2.24) is 0 Å². The molecule has 0 bridgehead atoms. The highest BCUT2D eigenvalue weighted by molar-refractivity contribution is 7.99. The highest BCUT2D eigenvalue weighted by Crippen LogP contribution is 2.26. The van der Waals surface area contributed by atoms with Gasteiger partial charge in [-0.3, -0.25) is 4.79 Å². The van der Waals surface area contributed by atoms with Crippen LogP contribution in [0.4, 0.5) is 0 Å². The second kappa shape index (κ2) is 6.83. The first-order valence-corrected chi connectivity index (χ1v) is 7.22. The van der Waals surface area contributed by atoms with Gasteiger partial charge < -0.3 is 4.74 Å². The monoisotopic (exact) mass is 266 g/mol. The van der Waals surface area contributed by atoms with Gasteiger partial charge in [0.1, 0.15) is 0 Å². The largest absolute Gasteiger partial charge is 0.469 e. The Bertz CT molecular complexity index is 376. The maximum atomic E-state index is 10.9. The van der Waals surface area contributed by atoms with E-state index in [0.717, 1.165) is 12.2 Å². The summed E-state index contributed by atoms with van der Waals surface area (Å²) in [6, 6.07) is 8.68. The molecule has 0 atom stereocenters. The average Bonchev–Trinajstić information content (AvgIpc) is 2.33. The summed E-state index contributed by atoms with van der Waals surface area (Å²) in [6.45, 7) is 6.64. The van der Waals surface area contributed by atoms with Crippen LogP contribution in [0.25, 0.3) is 0 Å². The van der Waals surface area contributed by atoms with Crippen molar-refractivity contribution < 1.29 is 9.53 Å². The highest BCUT2D eigenvalue weighted by atomic mass is 32.2. The molecule has 0 unspecified atom stereocenters. The van der Waals surface area contributed by atoms with Gasteiger partial charge in [0.05, 0.1) is 7.11 Å². The van der Waals surface area contributed by atoms with Gasteiger partial charge in [-0.2, -0.15) is 0 Å². The molecular weight excluding hydrogens is 244 g/mol. The van der Waals surface area contributed by atoms with Crippen LogP contribution >= 0.6 is 11.8 Å². The van der Waals surface area contributed by atoms with Gasteiger partial charge in [-0.15, -0.1) is 11.8 Å². The third kappa shape index (κ3) is 5.13. The molecule has 0 saturated heterocycles. The number of thioether (sulfide) groups is 1. The summed E-state index contributed by atoms with van der Waals surface area (Å²) < 4.78 is 4.61. The summed E-state index contributed by atoms with van der Waals surface area (Å²) >= 11 is 1.78. The molecule has 0 aliphatic heterocycles. The lowest BCUT2D eigenvalue weighted by Crippen LogP contribution is -2.10. The second-order valence-corrected chi connectivity index (χ2v) is 6.47. The molecule has 0 aliphatic carbocycles. The van der Waals surface area contributed by atoms with Gasteiger partial charge in [-0.05, 0) is 35.3 Å². The standard InChI is InChI=1S/C15H22O2S/c1-15(2,3)12-7-9-13(10-8-12)18-11-5-6-14(16)17-4/h7-10H,5-6,11H2,1-4H3. The van der Waals surface area contributed by atoms with Crippen molar-refractivity contribution >= 4 is 17.7 Å². The molecule has 1 rings (SSSR count). The number of carbonyl (C=O) groups is 1. The van der Waals surface area contributed by atoms with Gasteiger partial charge in [0.15, 0.2) is 0 Å². The molecule has 0 amide bonds. The number of ether oxygens (including phenoxy) is 1. The fourth-order valence-electron chi connectivity index (χ4n) is 1.56. The van der Waals surface area contributed by atoms with Gasteiger partial charge in [-0.25, -0.2) is 0 Å². The normalized spacial score (nSPS) is 11.3. The SMILES string of the molecule is COC(=O)CCCSc1ccc(C(C)(C)C)cc1. The first-order chi connectivity index (χ1) is 8.43. The predicted octanol–water partition coefficient (Wildman–Crippen LogP) is 4.03. The van der Waals surface area contributed by atoms with E-state index in [1.165, 1.54) is 17.6 Å². The van der Waals surface area contributed by atoms with Gasteiger partial charge in [0, 0.05) is 11.3 Å². The lowest BCUT2D eigenvalue weighted by atomic mass is 9.87. The Morgan fingerprint density at radius 3 is 2.33 bits per heavy atom. The summed E-state index contributed by atoms with van der Waals surface area (Å²) in [4.78, 5) is 12.2. The van der Waals surface area contributed by atoms with Crippen molar-refractivity contribution in [3.63, 3.8) is 0 Å². The van der Waals surface area contributed by atoms with Crippen molar-refractivity contribution in [3.8, 4) is 0 Å². The number of methoxy groups -OCH3 is 1. The highest BCUT2D eigenvalue weighted by Gasteiger charge is 2.12. The van der Waals surface area contributed by atoms with Crippen LogP contribution in [-0.2, 0) is 14.9 Å². The summed E-state index contributed by atoms with van der Waals surface area (Å²) in [7, 11) is 1.43. The quantitative estimate of drug-likeness (QED) is 0.457. The van der Waals surface area contributed by atoms with Crippen molar-refractivity contribution in [2.45, 2.75) is 43.9 Å². The van der Waals surface area contributed by atoms with E-state index in [4.69, 9.17) is 0 Å². The van der Waals surface area contributed by atoms with Crippen LogP contribution in [0.3, 0.4) is 0 Å². The molecule has 1 aromatic rings. The van der Waals surface area contributed by atoms with Crippen LogP contribution < -0.4 is 0 Å². The van der Waals surface area contributed by atoms with Gasteiger partial charge in [0.2, 0.25) is 0 Å². The van der Waals surface area contributed by atoms with E-state index in [-0.39, 0.29) is 11.4 Å². The smallest absolute Gasteiger partial charge is 0.305 e. The van der Waals surface area contributed by atoms with E-state index >= 15 is 0 Å². The van der Waals surface area contributed by atoms with E-state index in [9.17, 15) is 4.79 Å². The zero-order chi connectivity index (χ0) is 13.6. The third-order valence-corrected chi connectivity index (χ3v) is 3.84. The van der Waals surface area contributed by atoms with Crippen molar-refractivity contribution in [1.29, 1.82) is 0 Å². The molecule has 0 radical (unpaired) electrons. The molecule has 0 N–H and O–H groups in total. The minimum absolute atomic E-state index is 0.126. The number of hydrogen-bond acceptors (Lipinski definition) is 3. The minimum atomic E-state index is -0.126. The molecule has 0 saturated carbocycles. The summed E-state index contributed by atoms with van der Waals surface area (Å²) in [5.74, 6) is 0.822. The topological polar surface area (TPSA) is 26.3 Å². The van der Waals surface area contributed by atoms with Crippen LogP contribution in [0.5, 0.6) is 0 Å². The Morgan fingerprint density at radius 2 is 1.83 bits per heavy atom. The number of benzene rings is 1. The lowest BCUT2D eigenvalue weighted by molar-refractivity contribution is -0.140. The Balaban J connectivity index is 2.38. The zero-order valence-corrected chi connectivity index (χ0v) is 12.5. The molecule has 0 heterocycles. The van der Waals surface area contributed by atoms with Crippen LogP contribution in [0, 0.1) is 0 Å². The van der Waals surface area contributed by atoms with E-state index < -0.39 is 0 Å². The van der Waals surface area contributed by atoms with Crippen molar-refractivity contribution in [3.05, 3.63) is 29.8 Å². The Hall–Kier alpha value is -0.960. The molecule has 100 valence electrons. The van der Waals surface area contributed by atoms with Gasteiger partial charge in [0.25, 0.3) is 0 Å². The van der Waals surface area contributed by atoms with Crippen LogP contribution in [0.2, 0.25) is 0 Å². The van der Waals surface area contributed by atoms with E-state index in [0.29, 0.717) is 6.42 Å². The summed E-state index contributed by atoms with van der Waals surface area (Å²) in [6.07, 6.45) is 1.36. The fourth-order valence-corrected chi connectivity index (χ4v) is 2.41. The molecule has 0 spiro atoms. The zero-order valence-electron chi connectivity index (χ0n) is 11.7. The molecule has 0 fully saturated rings. The summed E-state index contributed by atoms with van der Waals surface area (Å²) in [5.41, 5.74) is 1.55. The molecule has 1 aromatic carbocycles. The average molecular weight is 266 g/mol. The summed E-state index contributed by atoms with van der Waals surface area (Å²) in [5, 5.41) is 0. The minimum Gasteiger partial charge on any atom is -0.469 e.